The highest BCUT2D eigenvalue weighted by atomic mass is 16.4. The van der Waals surface area contributed by atoms with Gasteiger partial charge in [-0.3, -0.25) is 4.57 Å². The highest BCUT2D eigenvalue weighted by Gasteiger charge is 2.12. The molecule has 1 unspecified atom stereocenters. The Hall–Kier alpha value is -1.59. The van der Waals surface area contributed by atoms with E-state index < -0.39 is 0 Å². The summed E-state index contributed by atoms with van der Waals surface area (Å²) in [7, 11) is 3.64. The van der Waals surface area contributed by atoms with Crippen LogP contribution in [0, 0.1) is 0 Å². The summed E-state index contributed by atoms with van der Waals surface area (Å²) in [5, 5.41) is 3.27. The van der Waals surface area contributed by atoms with Gasteiger partial charge in [-0.15, -0.1) is 0 Å². The number of aryl methyl sites for hydroxylation is 1. The molecule has 5 heteroatoms. The molecule has 0 aliphatic heterocycles. The molecule has 1 aromatic heterocycles. The number of hydrogen-bond donors (Lipinski definition) is 2. The van der Waals surface area contributed by atoms with Gasteiger partial charge in [-0.25, -0.2) is 4.79 Å². The first-order valence-corrected chi connectivity index (χ1v) is 6.14. The van der Waals surface area contributed by atoms with Crippen LogP contribution < -0.4 is 16.8 Å². The molecule has 1 aromatic carbocycles. The average Bonchev–Trinajstić information content (AvgIpc) is 2.66. The van der Waals surface area contributed by atoms with E-state index in [9.17, 15) is 4.79 Å². The number of nitrogens with two attached hydrogens (primary N) is 1. The van der Waals surface area contributed by atoms with Gasteiger partial charge in [0, 0.05) is 13.1 Å². The highest BCUT2D eigenvalue weighted by molar-refractivity contribution is 5.73. The largest absolute Gasteiger partial charge is 0.419 e. The summed E-state index contributed by atoms with van der Waals surface area (Å²) in [5.74, 6) is -0.329. The average molecular weight is 249 g/mol. The molecule has 0 amide bonds. The minimum absolute atomic E-state index is 0.253. The fraction of sp³-hybridized carbons (Fsp3) is 0.462. The number of oxazole rings is 1. The Labute approximate surface area is 106 Å². The molecule has 98 valence electrons. The van der Waals surface area contributed by atoms with Crippen LogP contribution in [-0.4, -0.2) is 18.2 Å². The van der Waals surface area contributed by atoms with E-state index in [1.54, 1.807) is 7.05 Å². The zero-order valence-electron chi connectivity index (χ0n) is 10.8. The second-order valence-electron chi connectivity index (χ2n) is 4.43. The summed E-state index contributed by atoms with van der Waals surface area (Å²) in [5.41, 5.74) is 8.14. The molecule has 1 heterocycles. The maximum absolute atomic E-state index is 11.4. The fourth-order valence-electron chi connectivity index (χ4n) is 2.16. The molecule has 2 aromatic rings. The standard InChI is InChI=1S/C13H19N3O2/c1-15-10(4-3-7-14)9-5-6-12-11(8-9)16(2)13(17)18-12/h5-6,8,10,15H,3-4,7,14H2,1-2H3. The molecule has 3 N–H and O–H groups in total. The van der Waals surface area contributed by atoms with Gasteiger partial charge in [0.25, 0.3) is 0 Å². The van der Waals surface area contributed by atoms with Gasteiger partial charge in [0.15, 0.2) is 5.58 Å². The van der Waals surface area contributed by atoms with Crippen molar-refractivity contribution in [2.75, 3.05) is 13.6 Å². The number of nitrogens with one attached hydrogen (secondary N) is 1. The van der Waals surface area contributed by atoms with Crippen molar-refractivity contribution < 1.29 is 4.42 Å². The molecule has 0 bridgehead atoms. The smallest absolute Gasteiger partial charge is 0.408 e. The molecule has 1 atom stereocenters. The third-order valence-corrected chi connectivity index (χ3v) is 3.26. The van der Waals surface area contributed by atoms with Crippen molar-refractivity contribution in [3.63, 3.8) is 0 Å². The van der Waals surface area contributed by atoms with Crippen molar-refractivity contribution in [2.24, 2.45) is 12.8 Å². The zero-order chi connectivity index (χ0) is 13.1. The first-order chi connectivity index (χ1) is 8.67. The maximum Gasteiger partial charge on any atom is 0.419 e. The van der Waals surface area contributed by atoms with Gasteiger partial charge < -0.3 is 15.5 Å². The summed E-state index contributed by atoms with van der Waals surface area (Å²) in [6, 6.07) is 6.09. The molecule has 0 spiro atoms. The van der Waals surface area contributed by atoms with Gasteiger partial charge in [0.05, 0.1) is 5.52 Å². The summed E-state index contributed by atoms with van der Waals surface area (Å²) in [6.45, 7) is 0.685. The van der Waals surface area contributed by atoms with Crippen LogP contribution in [0.4, 0.5) is 0 Å². The monoisotopic (exact) mass is 249 g/mol. The Morgan fingerprint density at radius 2 is 2.28 bits per heavy atom. The highest BCUT2D eigenvalue weighted by Crippen LogP contribution is 2.22. The second-order valence-corrected chi connectivity index (χ2v) is 4.43. The molecule has 0 fully saturated rings. The van der Waals surface area contributed by atoms with Crippen molar-refractivity contribution >= 4 is 11.1 Å². The molecule has 5 nitrogen and oxygen atoms in total. The lowest BCUT2D eigenvalue weighted by Gasteiger charge is -2.16. The van der Waals surface area contributed by atoms with Gasteiger partial charge in [0.1, 0.15) is 0 Å². The van der Waals surface area contributed by atoms with E-state index in [2.05, 4.69) is 5.32 Å². The van der Waals surface area contributed by atoms with Crippen molar-refractivity contribution in [2.45, 2.75) is 18.9 Å². The van der Waals surface area contributed by atoms with Gasteiger partial charge in [-0.2, -0.15) is 0 Å². The van der Waals surface area contributed by atoms with Crippen LogP contribution >= 0.6 is 0 Å². The van der Waals surface area contributed by atoms with Crippen LogP contribution in [0.1, 0.15) is 24.4 Å². The lowest BCUT2D eigenvalue weighted by atomic mass is 10.0. The van der Waals surface area contributed by atoms with Crippen LogP contribution in [0.3, 0.4) is 0 Å². The van der Waals surface area contributed by atoms with E-state index in [-0.39, 0.29) is 11.8 Å². The van der Waals surface area contributed by atoms with Crippen molar-refractivity contribution in [3.05, 3.63) is 34.3 Å². The summed E-state index contributed by atoms with van der Waals surface area (Å²) in [4.78, 5) is 11.4. The molecule has 2 rings (SSSR count). The van der Waals surface area contributed by atoms with Crippen LogP contribution in [0.25, 0.3) is 11.1 Å². The Bertz CT molecular complexity index is 585. The molecule has 0 radical (unpaired) electrons. The third kappa shape index (κ3) is 2.32. The minimum Gasteiger partial charge on any atom is -0.408 e. The molecular formula is C13H19N3O2. The molecule has 0 saturated heterocycles. The van der Waals surface area contributed by atoms with Gasteiger partial charge in [-0.1, -0.05) is 6.07 Å². The van der Waals surface area contributed by atoms with Crippen LogP contribution in [0.15, 0.2) is 27.4 Å². The zero-order valence-corrected chi connectivity index (χ0v) is 10.8. The van der Waals surface area contributed by atoms with Crippen molar-refractivity contribution in [1.29, 1.82) is 0 Å². The quantitative estimate of drug-likeness (QED) is 0.833. The summed E-state index contributed by atoms with van der Waals surface area (Å²) in [6.07, 6.45) is 1.94. The molecular weight excluding hydrogens is 230 g/mol. The van der Waals surface area contributed by atoms with E-state index in [1.165, 1.54) is 4.57 Å². The normalized spacial score (nSPS) is 13.1. The van der Waals surface area contributed by atoms with E-state index >= 15 is 0 Å². The van der Waals surface area contributed by atoms with Crippen LogP contribution in [0.5, 0.6) is 0 Å². The van der Waals surface area contributed by atoms with Crippen molar-refractivity contribution in [1.82, 2.24) is 9.88 Å². The predicted molar refractivity (Wildman–Crippen MR) is 71.5 cm³/mol. The van der Waals surface area contributed by atoms with E-state index in [1.807, 2.05) is 25.2 Å². The molecule has 18 heavy (non-hydrogen) atoms. The number of nitrogens with zero attached hydrogens (tertiary/aromatic N) is 1. The van der Waals surface area contributed by atoms with E-state index in [4.69, 9.17) is 10.2 Å². The minimum atomic E-state index is -0.329. The number of aromatic nitrogens is 1. The number of hydrogen-bond acceptors (Lipinski definition) is 4. The number of benzene rings is 1. The maximum atomic E-state index is 11.4. The SMILES string of the molecule is CNC(CCCN)c1ccc2oc(=O)n(C)c2c1. The second kappa shape index (κ2) is 5.37. The fourth-order valence-corrected chi connectivity index (χ4v) is 2.16. The first-order valence-electron chi connectivity index (χ1n) is 6.14. The Morgan fingerprint density at radius 1 is 1.50 bits per heavy atom. The Kier molecular flexibility index (Phi) is 3.84. The van der Waals surface area contributed by atoms with Crippen molar-refractivity contribution in [3.8, 4) is 0 Å². The van der Waals surface area contributed by atoms with Gasteiger partial charge in [-0.05, 0) is 44.1 Å². The Morgan fingerprint density at radius 3 is 2.94 bits per heavy atom. The first kappa shape index (κ1) is 12.9. The number of fused-ring (bicyclic) bond motifs is 1. The Balaban J connectivity index is 2.38. The predicted octanol–water partition coefficient (Wildman–Crippen LogP) is 1.13. The number of rotatable bonds is 5. The van der Waals surface area contributed by atoms with Gasteiger partial charge >= 0.3 is 5.76 Å². The molecule has 0 aliphatic rings. The van der Waals surface area contributed by atoms with Crippen LogP contribution in [-0.2, 0) is 7.05 Å². The summed E-state index contributed by atoms with van der Waals surface area (Å²) >= 11 is 0. The molecule has 0 saturated carbocycles. The van der Waals surface area contributed by atoms with Crippen LogP contribution in [0.2, 0.25) is 0 Å². The lowest BCUT2D eigenvalue weighted by Crippen LogP contribution is -2.17. The van der Waals surface area contributed by atoms with E-state index in [0.29, 0.717) is 12.1 Å². The van der Waals surface area contributed by atoms with E-state index in [0.717, 1.165) is 23.9 Å². The topological polar surface area (TPSA) is 73.2 Å². The summed E-state index contributed by atoms with van der Waals surface area (Å²) < 4.78 is 6.64. The molecule has 0 aliphatic carbocycles. The third-order valence-electron chi connectivity index (χ3n) is 3.26. The van der Waals surface area contributed by atoms with Gasteiger partial charge in [0.2, 0.25) is 0 Å². The lowest BCUT2D eigenvalue weighted by molar-refractivity contribution is 0.527.